The predicted molar refractivity (Wildman–Crippen MR) is 52.7 cm³/mol. The lowest BCUT2D eigenvalue weighted by Gasteiger charge is -2.07. The molecular weight excluding hydrogens is 196 g/mol. The lowest BCUT2D eigenvalue weighted by molar-refractivity contribution is -0.116. The van der Waals surface area contributed by atoms with Crippen LogP contribution in [0.15, 0.2) is 0 Å². The van der Waals surface area contributed by atoms with E-state index < -0.39 is 0 Å². The van der Waals surface area contributed by atoms with Gasteiger partial charge in [0.05, 0.1) is 7.05 Å². The Labute approximate surface area is 87.0 Å². The highest BCUT2D eigenvalue weighted by Crippen LogP contribution is 2.32. The second-order valence-corrected chi connectivity index (χ2v) is 3.86. The molecule has 0 bridgehead atoms. The Morgan fingerprint density at radius 2 is 2.47 bits per heavy atom. The van der Waals surface area contributed by atoms with Gasteiger partial charge in [-0.2, -0.15) is 4.80 Å². The van der Waals surface area contributed by atoms with Gasteiger partial charge in [-0.25, -0.2) is 0 Å². The minimum atomic E-state index is -0.151. The molecule has 1 aliphatic rings. The van der Waals surface area contributed by atoms with Crippen molar-refractivity contribution in [2.75, 3.05) is 5.32 Å². The number of anilines is 1. The topological polar surface area (TPSA) is 98.7 Å². The van der Waals surface area contributed by atoms with Gasteiger partial charge in [-0.05, 0) is 24.0 Å². The predicted octanol–water partition coefficient (Wildman–Crippen LogP) is -0.724. The average molecular weight is 210 g/mol. The summed E-state index contributed by atoms with van der Waals surface area (Å²) in [5.41, 5.74) is 5.82. The molecule has 1 unspecified atom stereocenters. The van der Waals surface area contributed by atoms with Crippen molar-refractivity contribution in [3.63, 3.8) is 0 Å². The van der Waals surface area contributed by atoms with E-state index in [0.717, 1.165) is 12.8 Å². The second kappa shape index (κ2) is 3.93. The summed E-state index contributed by atoms with van der Waals surface area (Å²) in [7, 11) is 1.64. The van der Waals surface area contributed by atoms with E-state index in [2.05, 4.69) is 20.7 Å². The summed E-state index contributed by atoms with van der Waals surface area (Å²) in [6.07, 6.45) is 2.60. The van der Waals surface area contributed by atoms with Crippen molar-refractivity contribution in [2.45, 2.75) is 25.3 Å². The third-order valence-electron chi connectivity index (χ3n) is 2.41. The molecule has 0 spiro atoms. The van der Waals surface area contributed by atoms with Crippen molar-refractivity contribution in [3.05, 3.63) is 0 Å². The van der Waals surface area contributed by atoms with Crippen LogP contribution in [0.5, 0.6) is 0 Å². The highest BCUT2D eigenvalue weighted by atomic mass is 16.1. The van der Waals surface area contributed by atoms with Crippen LogP contribution in [0.3, 0.4) is 0 Å². The van der Waals surface area contributed by atoms with Gasteiger partial charge >= 0.3 is 0 Å². The summed E-state index contributed by atoms with van der Waals surface area (Å²) in [6.45, 7) is 0. The second-order valence-electron chi connectivity index (χ2n) is 3.86. The number of nitrogens with one attached hydrogen (secondary N) is 1. The number of nitrogens with zero attached hydrogens (tertiary/aromatic N) is 4. The minimum Gasteiger partial charge on any atom is -0.327 e. The van der Waals surface area contributed by atoms with E-state index in [0.29, 0.717) is 12.3 Å². The summed E-state index contributed by atoms with van der Waals surface area (Å²) in [5.74, 6) is 0.596. The lowest BCUT2D eigenvalue weighted by atomic mass is 10.1. The van der Waals surface area contributed by atoms with Crippen LogP contribution in [-0.2, 0) is 11.8 Å². The van der Waals surface area contributed by atoms with Crippen LogP contribution in [0, 0.1) is 5.92 Å². The smallest absolute Gasteiger partial charge is 0.270 e. The quantitative estimate of drug-likeness (QED) is 0.683. The highest BCUT2D eigenvalue weighted by molar-refractivity contribution is 5.89. The van der Waals surface area contributed by atoms with Crippen LogP contribution >= 0.6 is 0 Å². The Bertz CT molecular complexity index is 358. The molecule has 7 heteroatoms. The molecule has 7 nitrogen and oxygen atoms in total. The molecule has 1 saturated carbocycles. The number of carbonyl (C=O) groups excluding carboxylic acids is 1. The summed E-state index contributed by atoms with van der Waals surface area (Å²) in [6, 6.07) is -0.0401. The van der Waals surface area contributed by atoms with Crippen LogP contribution in [0.1, 0.15) is 19.3 Å². The summed E-state index contributed by atoms with van der Waals surface area (Å²) in [5, 5.41) is 13.7. The number of amides is 1. The maximum absolute atomic E-state index is 11.5. The van der Waals surface area contributed by atoms with Gasteiger partial charge in [-0.15, -0.1) is 5.10 Å². The number of rotatable bonds is 4. The molecule has 1 amide bonds. The molecule has 82 valence electrons. The molecule has 1 atom stereocenters. The SMILES string of the molecule is Cn1nnc(NC(=O)CC(N)C2CC2)n1. The Kier molecular flexibility index (Phi) is 2.63. The van der Waals surface area contributed by atoms with E-state index in [9.17, 15) is 4.79 Å². The molecule has 0 saturated heterocycles. The van der Waals surface area contributed by atoms with Crippen molar-refractivity contribution in [1.29, 1.82) is 0 Å². The molecule has 0 aliphatic heterocycles. The number of aryl methyl sites for hydroxylation is 1. The van der Waals surface area contributed by atoms with E-state index in [1.165, 1.54) is 4.80 Å². The van der Waals surface area contributed by atoms with Gasteiger partial charge in [-0.1, -0.05) is 5.10 Å². The number of aromatic nitrogens is 4. The third-order valence-corrected chi connectivity index (χ3v) is 2.41. The first-order valence-electron chi connectivity index (χ1n) is 4.94. The Morgan fingerprint density at radius 3 is 3.00 bits per heavy atom. The molecule has 2 rings (SSSR count). The third kappa shape index (κ3) is 2.72. The van der Waals surface area contributed by atoms with Gasteiger partial charge in [0, 0.05) is 12.5 Å². The Balaban J connectivity index is 1.81. The van der Waals surface area contributed by atoms with Gasteiger partial charge < -0.3 is 5.73 Å². The molecule has 3 N–H and O–H groups in total. The molecule has 1 aliphatic carbocycles. The first-order chi connectivity index (χ1) is 7.15. The fraction of sp³-hybridized carbons (Fsp3) is 0.750. The Hall–Kier alpha value is -1.50. The minimum absolute atomic E-state index is 0.0401. The molecule has 15 heavy (non-hydrogen) atoms. The van der Waals surface area contributed by atoms with Gasteiger partial charge in [-0.3, -0.25) is 10.1 Å². The van der Waals surface area contributed by atoms with Crippen LogP contribution in [0.2, 0.25) is 0 Å². The van der Waals surface area contributed by atoms with Crippen molar-refractivity contribution in [3.8, 4) is 0 Å². The molecule has 0 aromatic carbocycles. The van der Waals surface area contributed by atoms with E-state index >= 15 is 0 Å². The summed E-state index contributed by atoms with van der Waals surface area (Å²) >= 11 is 0. The molecular formula is C8H14N6O. The van der Waals surface area contributed by atoms with Gasteiger partial charge in [0.15, 0.2) is 0 Å². The zero-order valence-electron chi connectivity index (χ0n) is 8.55. The van der Waals surface area contributed by atoms with Gasteiger partial charge in [0.25, 0.3) is 5.95 Å². The normalized spacial score (nSPS) is 17.5. The summed E-state index contributed by atoms with van der Waals surface area (Å²) in [4.78, 5) is 12.7. The van der Waals surface area contributed by atoms with Crippen LogP contribution in [0.25, 0.3) is 0 Å². The number of carbonyl (C=O) groups is 1. The molecule has 1 fully saturated rings. The first-order valence-corrected chi connectivity index (χ1v) is 4.94. The van der Waals surface area contributed by atoms with Crippen LogP contribution in [-0.4, -0.2) is 32.2 Å². The van der Waals surface area contributed by atoms with E-state index in [4.69, 9.17) is 5.73 Å². The van der Waals surface area contributed by atoms with Gasteiger partial charge in [0.2, 0.25) is 5.91 Å². The number of nitrogens with two attached hydrogens (primary N) is 1. The standard InChI is InChI=1S/C8H14N6O/c1-14-12-8(11-13-14)10-7(15)4-6(9)5-2-3-5/h5-6H,2-4,9H2,1H3,(H,10,12,15). The maximum atomic E-state index is 11.5. The zero-order chi connectivity index (χ0) is 10.8. The molecule has 1 aromatic heterocycles. The largest absolute Gasteiger partial charge is 0.327 e. The van der Waals surface area contributed by atoms with Crippen molar-refractivity contribution in [2.24, 2.45) is 18.7 Å². The summed E-state index contributed by atoms with van der Waals surface area (Å²) < 4.78 is 0. The molecule has 1 aromatic rings. The fourth-order valence-electron chi connectivity index (χ4n) is 1.42. The average Bonchev–Trinajstić information content (AvgIpc) is 2.92. The fourth-order valence-corrected chi connectivity index (χ4v) is 1.42. The van der Waals surface area contributed by atoms with E-state index in [-0.39, 0.29) is 17.9 Å². The van der Waals surface area contributed by atoms with Crippen LogP contribution in [0.4, 0.5) is 5.95 Å². The monoisotopic (exact) mass is 210 g/mol. The Morgan fingerprint density at radius 1 is 1.73 bits per heavy atom. The number of hydrogen-bond donors (Lipinski definition) is 2. The van der Waals surface area contributed by atoms with Crippen molar-refractivity contribution in [1.82, 2.24) is 20.2 Å². The van der Waals surface area contributed by atoms with Crippen molar-refractivity contribution >= 4 is 11.9 Å². The molecule has 0 radical (unpaired) electrons. The highest BCUT2D eigenvalue weighted by Gasteiger charge is 2.29. The number of tetrazole rings is 1. The van der Waals surface area contributed by atoms with Crippen LogP contribution < -0.4 is 11.1 Å². The first kappa shape index (κ1) is 10.0. The lowest BCUT2D eigenvalue weighted by Crippen LogP contribution is -2.29. The van der Waals surface area contributed by atoms with E-state index in [1.807, 2.05) is 0 Å². The van der Waals surface area contributed by atoms with Crippen molar-refractivity contribution < 1.29 is 4.79 Å². The molecule has 1 heterocycles. The van der Waals surface area contributed by atoms with E-state index in [1.54, 1.807) is 7.05 Å². The van der Waals surface area contributed by atoms with Gasteiger partial charge in [0.1, 0.15) is 0 Å². The zero-order valence-corrected chi connectivity index (χ0v) is 8.55. The number of hydrogen-bond acceptors (Lipinski definition) is 5. The maximum Gasteiger partial charge on any atom is 0.270 e.